The summed E-state index contributed by atoms with van der Waals surface area (Å²) in [6.07, 6.45) is 0. The predicted octanol–water partition coefficient (Wildman–Crippen LogP) is 3.02. The van der Waals surface area contributed by atoms with Gasteiger partial charge in [-0.2, -0.15) is 0 Å². The van der Waals surface area contributed by atoms with E-state index in [0.717, 1.165) is 0 Å². The van der Waals surface area contributed by atoms with Crippen molar-refractivity contribution in [3.05, 3.63) is 46.6 Å². The minimum atomic E-state index is -0.127. The number of aromatic nitrogens is 1. The van der Waals surface area contributed by atoms with Crippen LogP contribution in [-0.2, 0) is 0 Å². The fourth-order valence-corrected chi connectivity index (χ4v) is 1.59. The molecule has 0 bridgehead atoms. The van der Waals surface area contributed by atoms with Crippen LogP contribution in [0.2, 0.25) is 0 Å². The van der Waals surface area contributed by atoms with Crippen LogP contribution < -0.4 is 5.43 Å². The summed E-state index contributed by atoms with van der Waals surface area (Å²) in [5.41, 5.74) is 1.59. The lowest BCUT2D eigenvalue weighted by Gasteiger charge is -2.05. The molecule has 1 heterocycles. The Hall–Kier alpha value is -2.36. The first kappa shape index (κ1) is 12.1. The van der Waals surface area contributed by atoms with Crippen LogP contribution in [0.5, 0.6) is 5.75 Å². The lowest BCUT2D eigenvalue weighted by molar-refractivity contribution is 0.474. The molecule has 0 aromatic heterocycles. The van der Waals surface area contributed by atoms with E-state index in [4.69, 9.17) is 4.42 Å². The van der Waals surface area contributed by atoms with Gasteiger partial charge in [0.25, 0.3) is 0 Å². The molecule has 1 aliphatic heterocycles. The summed E-state index contributed by atoms with van der Waals surface area (Å²) in [6, 6.07) is 9.12. The van der Waals surface area contributed by atoms with Gasteiger partial charge in [-0.25, -0.2) is 4.98 Å². The van der Waals surface area contributed by atoms with Crippen molar-refractivity contribution in [2.75, 3.05) is 0 Å². The molecule has 0 radical (unpaired) electrons. The second-order valence-electron chi connectivity index (χ2n) is 3.50. The molecular weight excluding hydrogens is 230 g/mol. The molecule has 1 aromatic carbocycles. The zero-order valence-corrected chi connectivity index (χ0v) is 10.2. The number of benzene rings is 2. The third kappa shape index (κ3) is 2.18. The van der Waals surface area contributed by atoms with Gasteiger partial charge in [0, 0.05) is 12.1 Å². The van der Waals surface area contributed by atoms with E-state index in [-0.39, 0.29) is 11.2 Å². The lowest BCUT2D eigenvalue weighted by Crippen LogP contribution is -1.99. The predicted molar refractivity (Wildman–Crippen MR) is 69.9 cm³/mol. The molecule has 4 heteroatoms. The first-order valence-corrected chi connectivity index (χ1v) is 5.76. The molecule has 1 N–H and O–H groups in total. The van der Waals surface area contributed by atoms with E-state index in [1.807, 2.05) is 13.8 Å². The van der Waals surface area contributed by atoms with Crippen molar-refractivity contribution in [1.29, 1.82) is 0 Å². The van der Waals surface area contributed by atoms with Gasteiger partial charge in [0.1, 0.15) is 17.0 Å². The average Bonchev–Trinajstić information content (AvgIpc) is 2.38. The Bertz CT molecular complexity index is 703. The highest BCUT2D eigenvalue weighted by molar-refractivity contribution is 5.77. The largest absolute Gasteiger partial charge is 0.508 e. The Morgan fingerprint density at radius 3 is 2.67 bits per heavy atom. The molecule has 4 nitrogen and oxygen atoms in total. The fourth-order valence-electron chi connectivity index (χ4n) is 1.59. The topological polar surface area (TPSA) is 63.3 Å². The summed E-state index contributed by atoms with van der Waals surface area (Å²) >= 11 is 0. The van der Waals surface area contributed by atoms with Gasteiger partial charge in [0.15, 0.2) is 16.8 Å². The molecule has 2 aliphatic rings. The van der Waals surface area contributed by atoms with E-state index in [1.165, 1.54) is 18.2 Å². The standard InChI is InChI=1S/C12H7NO3.C2H6/c14-7-1-3-9-11(5-7)16-12-6-8(15)2-4-10(12)13-9;1-2/h1-6,14H;1-2H3. The zero-order chi connectivity index (χ0) is 13.1. The van der Waals surface area contributed by atoms with E-state index < -0.39 is 0 Å². The van der Waals surface area contributed by atoms with Crippen molar-refractivity contribution in [3.63, 3.8) is 0 Å². The van der Waals surface area contributed by atoms with E-state index in [0.29, 0.717) is 22.6 Å². The third-order valence-corrected chi connectivity index (χ3v) is 2.34. The normalized spacial score (nSPS) is 10.1. The Labute approximate surface area is 104 Å². The third-order valence-electron chi connectivity index (χ3n) is 2.34. The fraction of sp³-hybridized carbons (Fsp3) is 0.143. The van der Waals surface area contributed by atoms with E-state index in [9.17, 15) is 9.90 Å². The maximum atomic E-state index is 11.1. The summed E-state index contributed by atoms with van der Waals surface area (Å²) in [4.78, 5) is 15.5. The minimum Gasteiger partial charge on any atom is -0.508 e. The first-order valence-electron chi connectivity index (χ1n) is 5.76. The van der Waals surface area contributed by atoms with Crippen molar-refractivity contribution in [2.45, 2.75) is 13.8 Å². The molecule has 1 aromatic rings. The second kappa shape index (κ2) is 4.87. The van der Waals surface area contributed by atoms with Gasteiger partial charge in [-0.05, 0) is 24.3 Å². The highest BCUT2D eigenvalue weighted by Gasteiger charge is 2.08. The van der Waals surface area contributed by atoms with Crippen LogP contribution in [0.4, 0.5) is 0 Å². The zero-order valence-electron chi connectivity index (χ0n) is 10.2. The van der Waals surface area contributed by atoms with Gasteiger partial charge >= 0.3 is 0 Å². The van der Waals surface area contributed by atoms with Crippen molar-refractivity contribution >= 4 is 11.1 Å². The molecule has 0 saturated heterocycles. The van der Waals surface area contributed by atoms with Crippen LogP contribution in [0, 0.1) is 0 Å². The summed E-state index contributed by atoms with van der Waals surface area (Å²) < 4.78 is 5.49. The Morgan fingerprint density at radius 1 is 1.11 bits per heavy atom. The molecule has 0 spiro atoms. The van der Waals surface area contributed by atoms with Crippen LogP contribution in [0.1, 0.15) is 13.8 Å². The van der Waals surface area contributed by atoms with E-state index in [1.54, 1.807) is 18.2 Å². The number of phenols is 1. The number of phenolic OH excluding ortho intramolecular Hbond substituents is 1. The minimum absolute atomic E-state index is 0.107. The lowest BCUT2D eigenvalue weighted by atomic mass is 10.2. The summed E-state index contributed by atoms with van der Waals surface area (Å²) in [5.74, 6) is 0.529. The van der Waals surface area contributed by atoms with Crippen LogP contribution in [0.3, 0.4) is 0 Å². The van der Waals surface area contributed by atoms with E-state index in [2.05, 4.69) is 4.98 Å². The molecule has 18 heavy (non-hydrogen) atoms. The van der Waals surface area contributed by atoms with Crippen LogP contribution >= 0.6 is 0 Å². The SMILES string of the molecule is CC.O=c1ccc2nc3ccc(O)cc3oc-2c1. The number of aromatic hydroxyl groups is 1. The highest BCUT2D eigenvalue weighted by atomic mass is 16.3. The maximum absolute atomic E-state index is 11.1. The Kier molecular flexibility index (Phi) is 3.28. The van der Waals surface area contributed by atoms with Crippen molar-refractivity contribution < 1.29 is 9.52 Å². The molecule has 0 unspecified atom stereocenters. The van der Waals surface area contributed by atoms with Gasteiger partial charge in [-0.15, -0.1) is 0 Å². The average molecular weight is 243 g/mol. The monoisotopic (exact) mass is 243 g/mol. The molecule has 0 fully saturated rings. The number of nitrogens with zero attached hydrogens (tertiary/aromatic N) is 1. The van der Waals surface area contributed by atoms with Gasteiger partial charge < -0.3 is 9.52 Å². The van der Waals surface area contributed by atoms with Gasteiger partial charge in [0.05, 0.1) is 0 Å². The molecule has 3 rings (SSSR count). The van der Waals surface area contributed by atoms with Crippen LogP contribution in [0.25, 0.3) is 22.6 Å². The van der Waals surface area contributed by atoms with Crippen LogP contribution in [-0.4, -0.2) is 10.1 Å². The summed E-state index contributed by atoms with van der Waals surface area (Å²) in [7, 11) is 0. The van der Waals surface area contributed by atoms with Gasteiger partial charge in [-0.1, -0.05) is 13.8 Å². The Balaban J connectivity index is 0.000000574. The quantitative estimate of drug-likeness (QED) is 0.616. The molecule has 0 amide bonds. The molecule has 0 saturated carbocycles. The maximum Gasteiger partial charge on any atom is 0.182 e. The highest BCUT2D eigenvalue weighted by Crippen LogP contribution is 2.25. The smallest absolute Gasteiger partial charge is 0.182 e. The van der Waals surface area contributed by atoms with E-state index >= 15 is 0 Å². The number of hydrogen-bond acceptors (Lipinski definition) is 4. The summed E-state index contributed by atoms with van der Waals surface area (Å²) in [6.45, 7) is 4.00. The molecular formula is C14H13NO3. The van der Waals surface area contributed by atoms with Crippen molar-refractivity contribution in [3.8, 4) is 17.2 Å². The molecule has 1 aliphatic carbocycles. The van der Waals surface area contributed by atoms with Gasteiger partial charge in [-0.3, -0.25) is 4.79 Å². The molecule has 92 valence electrons. The Morgan fingerprint density at radius 2 is 1.89 bits per heavy atom. The van der Waals surface area contributed by atoms with Crippen LogP contribution in [0.15, 0.2) is 45.6 Å². The number of fused-ring (bicyclic) bond motifs is 2. The number of hydrogen-bond donors (Lipinski definition) is 1. The number of rotatable bonds is 0. The molecule has 0 atom stereocenters. The van der Waals surface area contributed by atoms with Crippen molar-refractivity contribution in [2.24, 2.45) is 0 Å². The first-order chi connectivity index (χ1) is 8.72. The van der Waals surface area contributed by atoms with Gasteiger partial charge in [0.2, 0.25) is 0 Å². The second-order valence-corrected chi connectivity index (χ2v) is 3.50. The summed E-state index contributed by atoms with van der Waals surface area (Å²) in [5, 5.41) is 9.31. The van der Waals surface area contributed by atoms with Crippen molar-refractivity contribution in [1.82, 2.24) is 4.98 Å².